The molecule has 3 nitrogen and oxygen atoms in total. The highest BCUT2D eigenvalue weighted by atomic mass is 35.5. The predicted octanol–water partition coefficient (Wildman–Crippen LogP) is 4.10. The van der Waals surface area contributed by atoms with Crippen molar-refractivity contribution in [1.82, 2.24) is 10.1 Å². The Morgan fingerprint density at radius 3 is 2.62 bits per heavy atom. The highest BCUT2D eigenvalue weighted by Crippen LogP contribution is 2.24. The molecule has 0 atom stereocenters. The third-order valence-electron chi connectivity index (χ3n) is 2.97. The zero-order valence-corrected chi connectivity index (χ0v) is 12.1. The van der Waals surface area contributed by atoms with Gasteiger partial charge in [0.25, 0.3) is 0 Å². The van der Waals surface area contributed by atoms with Crippen LogP contribution in [-0.4, -0.2) is 10.1 Å². The molecule has 0 N–H and O–H groups in total. The van der Waals surface area contributed by atoms with Gasteiger partial charge in [-0.1, -0.05) is 53.0 Å². The van der Waals surface area contributed by atoms with E-state index in [0.29, 0.717) is 16.5 Å². The third-order valence-corrected chi connectivity index (χ3v) is 3.28. The van der Waals surface area contributed by atoms with Crippen molar-refractivity contribution in [1.29, 1.82) is 0 Å². The number of aromatic nitrogens is 2. The zero-order chi connectivity index (χ0) is 14.7. The van der Waals surface area contributed by atoms with Crippen LogP contribution in [0.25, 0.3) is 11.3 Å². The molecule has 1 aromatic carbocycles. The Hall–Kier alpha value is -2.57. The molecule has 3 aromatic rings. The molecule has 0 amide bonds. The largest absolute Gasteiger partial charge is 0.360 e. The van der Waals surface area contributed by atoms with Gasteiger partial charge in [0.15, 0.2) is 0 Å². The summed E-state index contributed by atoms with van der Waals surface area (Å²) >= 11 is 6.06. The van der Waals surface area contributed by atoms with Gasteiger partial charge in [-0.3, -0.25) is 0 Å². The molecule has 0 aliphatic heterocycles. The summed E-state index contributed by atoms with van der Waals surface area (Å²) in [5.41, 5.74) is 2.99. The molecule has 0 aliphatic carbocycles. The smallest absolute Gasteiger partial charge is 0.149 e. The van der Waals surface area contributed by atoms with Crippen LogP contribution < -0.4 is 0 Å². The first-order valence-corrected chi connectivity index (χ1v) is 6.78. The molecule has 4 heteroatoms. The SMILES string of the molecule is Cc1onc(-c2ccccc2)c1C#Cc1ncccc1Cl. The zero-order valence-electron chi connectivity index (χ0n) is 11.3. The van der Waals surface area contributed by atoms with Gasteiger partial charge < -0.3 is 4.52 Å². The Morgan fingerprint density at radius 1 is 1.05 bits per heavy atom. The fraction of sp³-hybridized carbons (Fsp3) is 0.0588. The highest BCUT2D eigenvalue weighted by Gasteiger charge is 2.12. The second kappa shape index (κ2) is 5.82. The van der Waals surface area contributed by atoms with Crippen LogP contribution in [0.2, 0.25) is 5.02 Å². The number of nitrogens with zero attached hydrogens (tertiary/aromatic N) is 2. The van der Waals surface area contributed by atoms with E-state index in [-0.39, 0.29) is 0 Å². The van der Waals surface area contributed by atoms with Crippen molar-refractivity contribution in [2.24, 2.45) is 0 Å². The second-order valence-corrected chi connectivity index (χ2v) is 4.82. The Labute approximate surface area is 127 Å². The van der Waals surface area contributed by atoms with Crippen molar-refractivity contribution in [2.45, 2.75) is 6.92 Å². The number of hydrogen-bond acceptors (Lipinski definition) is 3. The minimum atomic E-state index is 0.528. The van der Waals surface area contributed by atoms with Crippen LogP contribution >= 0.6 is 11.6 Å². The molecule has 3 rings (SSSR count). The van der Waals surface area contributed by atoms with Crippen molar-refractivity contribution in [3.05, 3.63) is 70.7 Å². The Kier molecular flexibility index (Phi) is 3.72. The molecule has 0 saturated carbocycles. The fourth-order valence-electron chi connectivity index (χ4n) is 1.91. The fourth-order valence-corrected chi connectivity index (χ4v) is 2.08. The van der Waals surface area contributed by atoms with E-state index in [1.165, 1.54) is 0 Å². The van der Waals surface area contributed by atoms with Crippen LogP contribution in [0.15, 0.2) is 53.2 Å². The van der Waals surface area contributed by atoms with E-state index in [0.717, 1.165) is 16.8 Å². The van der Waals surface area contributed by atoms with Crippen molar-refractivity contribution >= 4 is 11.6 Å². The number of benzene rings is 1. The van der Waals surface area contributed by atoms with E-state index in [1.807, 2.05) is 37.3 Å². The molecule has 2 heterocycles. The van der Waals surface area contributed by atoms with E-state index in [2.05, 4.69) is 22.0 Å². The number of halogens is 1. The van der Waals surface area contributed by atoms with Crippen LogP contribution in [0.5, 0.6) is 0 Å². The summed E-state index contributed by atoms with van der Waals surface area (Å²) in [4.78, 5) is 4.15. The van der Waals surface area contributed by atoms with E-state index >= 15 is 0 Å². The lowest BCUT2D eigenvalue weighted by Gasteiger charge is -1.96. The van der Waals surface area contributed by atoms with Gasteiger partial charge in [-0.25, -0.2) is 4.98 Å². The second-order valence-electron chi connectivity index (χ2n) is 4.41. The summed E-state index contributed by atoms with van der Waals surface area (Å²) in [6.07, 6.45) is 1.66. The van der Waals surface area contributed by atoms with Crippen molar-refractivity contribution in [2.75, 3.05) is 0 Å². The van der Waals surface area contributed by atoms with Gasteiger partial charge in [-0.05, 0) is 25.0 Å². The van der Waals surface area contributed by atoms with E-state index in [1.54, 1.807) is 18.3 Å². The molecular formula is C17H11ClN2O. The number of pyridine rings is 1. The molecule has 0 spiro atoms. The number of rotatable bonds is 1. The van der Waals surface area contributed by atoms with Crippen molar-refractivity contribution in [3.8, 4) is 23.1 Å². The molecular weight excluding hydrogens is 284 g/mol. The normalized spacial score (nSPS) is 10.0. The molecule has 0 bridgehead atoms. The minimum Gasteiger partial charge on any atom is -0.360 e. The lowest BCUT2D eigenvalue weighted by Crippen LogP contribution is -1.85. The summed E-state index contributed by atoms with van der Waals surface area (Å²) in [5, 5.41) is 4.62. The molecule has 0 radical (unpaired) electrons. The Morgan fingerprint density at radius 2 is 1.86 bits per heavy atom. The molecule has 0 unspecified atom stereocenters. The summed E-state index contributed by atoms with van der Waals surface area (Å²) in [5.74, 6) is 6.71. The number of hydrogen-bond donors (Lipinski definition) is 0. The van der Waals surface area contributed by atoms with Gasteiger partial charge in [0, 0.05) is 11.8 Å². The first-order valence-electron chi connectivity index (χ1n) is 6.40. The lowest BCUT2D eigenvalue weighted by atomic mass is 10.1. The van der Waals surface area contributed by atoms with Crippen LogP contribution in [-0.2, 0) is 0 Å². The van der Waals surface area contributed by atoms with Crippen LogP contribution in [0, 0.1) is 18.8 Å². The van der Waals surface area contributed by atoms with Crippen LogP contribution in [0.3, 0.4) is 0 Å². The Balaban J connectivity index is 2.05. The maximum Gasteiger partial charge on any atom is 0.149 e. The maximum atomic E-state index is 6.06. The average molecular weight is 295 g/mol. The summed E-state index contributed by atoms with van der Waals surface area (Å²) in [6.45, 7) is 1.84. The van der Waals surface area contributed by atoms with Gasteiger partial charge in [-0.2, -0.15) is 0 Å². The van der Waals surface area contributed by atoms with Crippen LogP contribution in [0.1, 0.15) is 17.0 Å². The van der Waals surface area contributed by atoms with E-state index < -0.39 is 0 Å². The molecule has 0 fully saturated rings. The molecule has 2 aromatic heterocycles. The standard InChI is InChI=1S/C17H11ClN2O/c1-12-14(9-10-16-15(18)8-5-11-19-16)17(20-21-12)13-6-3-2-4-7-13/h2-8,11H,1H3. The molecule has 0 saturated heterocycles. The van der Waals surface area contributed by atoms with Crippen molar-refractivity contribution in [3.63, 3.8) is 0 Å². The third kappa shape index (κ3) is 2.81. The molecule has 0 aliphatic rings. The highest BCUT2D eigenvalue weighted by molar-refractivity contribution is 6.31. The summed E-state index contributed by atoms with van der Waals surface area (Å²) < 4.78 is 5.26. The Bertz CT molecular complexity index is 829. The quantitative estimate of drug-likeness (QED) is 0.634. The minimum absolute atomic E-state index is 0.528. The first-order chi connectivity index (χ1) is 10.3. The average Bonchev–Trinajstić information content (AvgIpc) is 2.88. The van der Waals surface area contributed by atoms with Gasteiger partial charge in [0.05, 0.1) is 10.6 Å². The topological polar surface area (TPSA) is 38.9 Å². The summed E-state index contributed by atoms with van der Waals surface area (Å²) in [7, 11) is 0. The molecule has 21 heavy (non-hydrogen) atoms. The van der Waals surface area contributed by atoms with Gasteiger partial charge in [0.2, 0.25) is 0 Å². The van der Waals surface area contributed by atoms with Gasteiger partial charge >= 0.3 is 0 Å². The van der Waals surface area contributed by atoms with Crippen molar-refractivity contribution < 1.29 is 4.52 Å². The summed E-state index contributed by atoms with van der Waals surface area (Å²) in [6, 6.07) is 13.3. The van der Waals surface area contributed by atoms with Crippen LogP contribution in [0.4, 0.5) is 0 Å². The first kappa shape index (κ1) is 13.4. The monoisotopic (exact) mass is 294 g/mol. The lowest BCUT2D eigenvalue weighted by molar-refractivity contribution is 0.399. The number of aryl methyl sites for hydroxylation is 1. The van der Waals surface area contributed by atoms with E-state index in [9.17, 15) is 0 Å². The van der Waals surface area contributed by atoms with E-state index in [4.69, 9.17) is 16.1 Å². The van der Waals surface area contributed by atoms with Gasteiger partial charge in [-0.15, -0.1) is 0 Å². The maximum absolute atomic E-state index is 6.06. The molecule has 102 valence electrons. The van der Waals surface area contributed by atoms with Gasteiger partial charge in [0.1, 0.15) is 17.1 Å². The predicted molar refractivity (Wildman–Crippen MR) is 81.9 cm³/mol.